The van der Waals surface area contributed by atoms with Gasteiger partial charge >= 0.3 is 0 Å². The number of nitrogens with zero attached hydrogens (tertiary/aromatic N) is 4. The van der Waals surface area contributed by atoms with Crippen LogP contribution in [0.15, 0.2) is 58.5 Å². The predicted molar refractivity (Wildman–Crippen MR) is 108 cm³/mol. The van der Waals surface area contributed by atoms with Gasteiger partial charge in [-0.3, -0.25) is 4.72 Å². The number of anilines is 2. The van der Waals surface area contributed by atoms with E-state index < -0.39 is 20.0 Å². The van der Waals surface area contributed by atoms with Crippen LogP contribution in [0.3, 0.4) is 0 Å². The lowest BCUT2D eigenvalue weighted by Crippen LogP contribution is -2.15. The van der Waals surface area contributed by atoms with Gasteiger partial charge in [-0.25, -0.2) is 22.0 Å². The molecule has 0 saturated carbocycles. The second-order valence-corrected chi connectivity index (χ2v) is 9.15. The smallest absolute Gasteiger partial charge is 0.261 e. The van der Waals surface area contributed by atoms with Crippen LogP contribution >= 0.6 is 0 Å². The second kappa shape index (κ2) is 8.39. The molecule has 1 aromatic heterocycles. The van der Waals surface area contributed by atoms with Gasteiger partial charge in [0, 0.05) is 6.20 Å². The monoisotopic (exact) mass is 462 g/mol. The molecule has 0 fully saturated rings. The molecule has 0 amide bonds. The summed E-state index contributed by atoms with van der Waals surface area (Å²) in [4.78, 5) is -0.517. The molecule has 31 heavy (non-hydrogen) atoms. The number of hydrogen-bond acceptors (Lipinski definition) is 10. The number of nitrogens with one attached hydrogen (secondary N) is 3. The molecule has 0 saturated heterocycles. The molecule has 0 spiro atoms. The SMILES string of the molecule is N#CC(=CNc1cc(S(=O)(=O)Nc2cccc(S(N)(=O)=O)c2)ccc1O)c1nn[nH]n1. The average molecular weight is 462 g/mol. The van der Waals surface area contributed by atoms with Gasteiger partial charge in [-0.15, -0.1) is 10.2 Å². The number of allylic oxidation sites excluding steroid dienone is 1. The van der Waals surface area contributed by atoms with Gasteiger partial charge < -0.3 is 10.4 Å². The van der Waals surface area contributed by atoms with E-state index in [9.17, 15) is 27.2 Å². The fraction of sp³-hybridized carbons (Fsp3) is 0. The molecule has 0 aliphatic carbocycles. The maximum atomic E-state index is 12.7. The second-order valence-electron chi connectivity index (χ2n) is 5.91. The lowest BCUT2D eigenvalue weighted by atomic mass is 10.2. The van der Waals surface area contributed by atoms with E-state index in [0.29, 0.717) is 0 Å². The van der Waals surface area contributed by atoms with Crippen LogP contribution in [-0.4, -0.2) is 42.6 Å². The highest BCUT2D eigenvalue weighted by molar-refractivity contribution is 7.92. The van der Waals surface area contributed by atoms with Crippen molar-refractivity contribution in [2.24, 2.45) is 5.14 Å². The molecule has 15 heteroatoms. The summed E-state index contributed by atoms with van der Waals surface area (Å²) in [6.45, 7) is 0. The summed E-state index contributed by atoms with van der Waals surface area (Å²) in [5, 5.41) is 39.7. The number of nitriles is 1. The van der Waals surface area contributed by atoms with Crippen molar-refractivity contribution in [1.82, 2.24) is 20.6 Å². The average Bonchev–Trinajstić information content (AvgIpc) is 3.23. The van der Waals surface area contributed by atoms with E-state index in [4.69, 9.17) is 5.14 Å². The first-order valence-corrected chi connectivity index (χ1v) is 11.2. The number of aromatic amines is 1. The number of H-pyrrole nitrogens is 1. The Kier molecular flexibility index (Phi) is 5.88. The van der Waals surface area contributed by atoms with Crippen molar-refractivity contribution in [2.75, 3.05) is 10.0 Å². The highest BCUT2D eigenvalue weighted by Gasteiger charge is 2.18. The van der Waals surface area contributed by atoms with Crippen molar-refractivity contribution in [2.45, 2.75) is 9.79 Å². The van der Waals surface area contributed by atoms with Crippen molar-refractivity contribution in [1.29, 1.82) is 5.26 Å². The van der Waals surface area contributed by atoms with Crippen molar-refractivity contribution < 1.29 is 21.9 Å². The van der Waals surface area contributed by atoms with Crippen LogP contribution in [0.5, 0.6) is 5.75 Å². The van der Waals surface area contributed by atoms with Crippen LogP contribution in [0, 0.1) is 11.3 Å². The van der Waals surface area contributed by atoms with Crippen molar-refractivity contribution in [3.63, 3.8) is 0 Å². The summed E-state index contributed by atoms with van der Waals surface area (Å²) in [6, 6.07) is 10.2. The van der Waals surface area contributed by atoms with Crippen LogP contribution in [-0.2, 0) is 20.0 Å². The molecule has 0 unspecified atom stereocenters. The number of nitrogens with two attached hydrogens (primary N) is 1. The van der Waals surface area contributed by atoms with Gasteiger partial charge in [0.05, 0.1) is 21.2 Å². The Labute approximate surface area is 176 Å². The maximum Gasteiger partial charge on any atom is 0.261 e. The van der Waals surface area contributed by atoms with Crippen LogP contribution in [0.2, 0.25) is 0 Å². The number of benzene rings is 2. The van der Waals surface area contributed by atoms with Gasteiger partial charge in [0.1, 0.15) is 17.4 Å². The molecule has 13 nitrogen and oxygen atoms in total. The molecule has 3 aromatic rings. The van der Waals surface area contributed by atoms with Crippen molar-refractivity contribution >= 4 is 37.0 Å². The highest BCUT2D eigenvalue weighted by atomic mass is 32.2. The third-order valence-corrected chi connectivity index (χ3v) is 6.06. The van der Waals surface area contributed by atoms with Crippen molar-refractivity contribution in [3.8, 4) is 11.8 Å². The third kappa shape index (κ3) is 5.14. The molecule has 3 rings (SSSR count). The highest BCUT2D eigenvalue weighted by Crippen LogP contribution is 2.28. The van der Waals surface area contributed by atoms with E-state index in [-0.39, 0.29) is 38.3 Å². The Morgan fingerprint density at radius 1 is 1.16 bits per heavy atom. The van der Waals surface area contributed by atoms with Crippen molar-refractivity contribution in [3.05, 3.63) is 54.5 Å². The van der Waals surface area contributed by atoms with Crippen LogP contribution in [0.1, 0.15) is 5.82 Å². The predicted octanol–water partition coefficient (Wildman–Crippen LogP) is 0.330. The largest absolute Gasteiger partial charge is 0.506 e. The Hall–Kier alpha value is -4.00. The molecule has 0 bridgehead atoms. The zero-order chi connectivity index (χ0) is 22.6. The summed E-state index contributed by atoms with van der Waals surface area (Å²) in [6.07, 6.45) is 1.17. The van der Waals surface area contributed by atoms with Gasteiger partial charge in [-0.05, 0) is 41.6 Å². The molecule has 2 aromatic carbocycles. The normalized spacial score (nSPS) is 12.2. The number of hydrogen-bond donors (Lipinski definition) is 5. The number of rotatable bonds is 7. The molecule has 1 heterocycles. The molecule has 6 N–H and O–H groups in total. The lowest BCUT2D eigenvalue weighted by Gasteiger charge is -2.11. The van der Waals surface area contributed by atoms with Gasteiger partial charge in [0.15, 0.2) is 0 Å². The molecular formula is C16H14N8O5S2. The first-order valence-electron chi connectivity index (χ1n) is 8.19. The Balaban J connectivity index is 1.89. The quantitative estimate of drug-likeness (QED) is 0.239. The minimum atomic E-state index is -4.16. The number of phenolic OH excluding ortho intramolecular Hbond substituents is 1. The zero-order valence-electron chi connectivity index (χ0n) is 15.4. The van der Waals surface area contributed by atoms with E-state index in [2.05, 4.69) is 30.7 Å². The summed E-state index contributed by atoms with van der Waals surface area (Å²) in [5.74, 6) is -0.300. The van der Waals surface area contributed by atoms with Gasteiger partial charge in [0.2, 0.25) is 15.8 Å². The summed E-state index contributed by atoms with van der Waals surface area (Å²) in [7, 11) is -8.19. The molecule has 0 aliphatic heterocycles. The first kappa shape index (κ1) is 21.7. The number of tetrazole rings is 1. The summed E-state index contributed by atoms with van der Waals surface area (Å²) in [5.41, 5.74) is -0.0883. The van der Waals surface area contributed by atoms with E-state index >= 15 is 0 Å². The molecule has 0 aliphatic rings. The number of aromatic nitrogens is 4. The standard InChI is InChI=1S/C16H14N8O5S2/c17-8-10(16-20-23-24-21-16)9-19-14-7-13(4-5-15(14)25)31(28,29)22-11-2-1-3-12(6-11)30(18,26)27/h1-7,9,19,22,25H,(H2,18,26,27)(H,20,21,23,24). The molecular weight excluding hydrogens is 448 g/mol. The Morgan fingerprint density at radius 3 is 2.58 bits per heavy atom. The number of sulfonamides is 2. The molecule has 160 valence electrons. The Bertz CT molecular complexity index is 1390. The van der Waals surface area contributed by atoms with Crippen LogP contribution < -0.4 is 15.2 Å². The number of primary sulfonamides is 1. The topological polar surface area (TPSA) is 217 Å². The number of phenols is 1. The molecule has 0 atom stereocenters. The summed E-state index contributed by atoms with van der Waals surface area (Å²) < 4.78 is 50.6. The first-order chi connectivity index (χ1) is 14.6. The van der Waals surface area contributed by atoms with E-state index in [0.717, 1.165) is 24.3 Å². The molecule has 0 radical (unpaired) electrons. The maximum absolute atomic E-state index is 12.7. The van der Waals surface area contributed by atoms with Gasteiger partial charge in [-0.2, -0.15) is 10.5 Å². The minimum absolute atomic E-state index is 0.00493. The lowest BCUT2D eigenvalue weighted by molar-refractivity contribution is 0.477. The minimum Gasteiger partial charge on any atom is -0.506 e. The third-order valence-electron chi connectivity index (χ3n) is 3.77. The summed E-state index contributed by atoms with van der Waals surface area (Å²) >= 11 is 0. The van der Waals surface area contributed by atoms with E-state index in [1.807, 2.05) is 6.07 Å². The fourth-order valence-corrected chi connectivity index (χ4v) is 3.96. The van der Waals surface area contributed by atoms with Crippen LogP contribution in [0.4, 0.5) is 11.4 Å². The van der Waals surface area contributed by atoms with Gasteiger partial charge in [0.25, 0.3) is 10.0 Å². The Morgan fingerprint density at radius 2 is 1.94 bits per heavy atom. The van der Waals surface area contributed by atoms with E-state index in [1.54, 1.807) is 0 Å². The fourth-order valence-electron chi connectivity index (χ4n) is 2.32. The van der Waals surface area contributed by atoms with Gasteiger partial charge in [-0.1, -0.05) is 6.07 Å². The number of aromatic hydroxyl groups is 1. The van der Waals surface area contributed by atoms with Crippen LogP contribution in [0.25, 0.3) is 5.57 Å². The van der Waals surface area contributed by atoms with E-state index in [1.165, 1.54) is 24.4 Å². The zero-order valence-corrected chi connectivity index (χ0v) is 17.0.